The van der Waals surface area contributed by atoms with Crippen LogP contribution in [0.3, 0.4) is 0 Å². The number of nitrogens with zero attached hydrogens (tertiary/aromatic N) is 2. The number of halogens is 1. The van der Waals surface area contributed by atoms with Crippen LogP contribution < -0.4 is 0 Å². The second-order valence-electron chi connectivity index (χ2n) is 5.43. The van der Waals surface area contributed by atoms with Gasteiger partial charge in [0.2, 0.25) is 0 Å². The molecule has 0 saturated heterocycles. The Balaban J connectivity index is 2.12. The zero-order valence-corrected chi connectivity index (χ0v) is 13.2. The highest BCUT2D eigenvalue weighted by Gasteiger charge is 2.12. The Hall–Kier alpha value is -2.98. The molecule has 0 amide bonds. The highest BCUT2D eigenvalue weighted by atomic mass is 35.5. The minimum Gasteiger partial charge on any atom is -0.478 e. The number of hydrogen-bond donors (Lipinski definition) is 1. The summed E-state index contributed by atoms with van der Waals surface area (Å²) in [5.41, 5.74) is 2.45. The monoisotopic (exact) mass is 334 g/mol. The van der Waals surface area contributed by atoms with Gasteiger partial charge in [-0.3, -0.25) is 4.98 Å². The summed E-state index contributed by atoms with van der Waals surface area (Å²) in [4.78, 5) is 20.2. The molecule has 0 bridgehead atoms. The van der Waals surface area contributed by atoms with Crippen molar-refractivity contribution in [1.29, 1.82) is 0 Å². The zero-order chi connectivity index (χ0) is 16.7. The molecule has 4 aromatic rings. The summed E-state index contributed by atoms with van der Waals surface area (Å²) >= 11 is 6.11. The van der Waals surface area contributed by atoms with E-state index in [9.17, 15) is 9.90 Å². The van der Waals surface area contributed by atoms with Crippen LogP contribution in [0.15, 0.2) is 60.9 Å². The molecule has 24 heavy (non-hydrogen) atoms. The van der Waals surface area contributed by atoms with Gasteiger partial charge in [-0.15, -0.1) is 0 Å². The molecular formula is C19H11ClN2O2. The van der Waals surface area contributed by atoms with Crippen molar-refractivity contribution in [3.05, 3.63) is 71.5 Å². The van der Waals surface area contributed by atoms with Crippen LogP contribution in [0.1, 0.15) is 10.4 Å². The largest absolute Gasteiger partial charge is 0.478 e. The smallest absolute Gasteiger partial charge is 0.335 e. The zero-order valence-electron chi connectivity index (χ0n) is 12.4. The number of hydrogen-bond acceptors (Lipinski definition) is 3. The molecule has 0 unspecified atom stereocenters. The number of fused-ring (bicyclic) bond motifs is 3. The van der Waals surface area contributed by atoms with Gasteiger partial charge < -0.3 is 5.11 Å². The van der Waals surface area contributed by atoms with Crippen LogP contribution >= 0.6 is 11.6 Å². The number of pyridine rings is 2. The van der Waals surface area contributed by atoms with Gasteiger partial charge in [-0.1, -0.05) is 29.8 Å². The van der Waals surface area contributed by atoms with Crippen molar-refractivity contribution in [3.8, 4) is 11.3 Å². The van der Waals surface area contributed by atoms with Gasteiger partial charge in [0.1, 0.15) is 0 Å². The number of aromatic nitrogens is 2. The van der Waals surface area contributed by atoms with E-state index in [1.807, 2.05) is 24.3 Å². The lowest BCUT2D eigenvalue weighted by atomic mass is 10.0. The molecular weight excluding hydrogens is 324 g/mol. The van der Waals surface area contributed by atoms with Crippen molar-refractivity contribution in [1.82, 2.24) is 9.97 Å². The molecule has 0 aliphatic carbocycles. The van der Waals surface area contributed by atoms with Crippen LogP contribution in [0.25, 0.3) is 32.9 Å². The molecule has 4 nitrogen and oxygen atoms in total. The average Bonchev–Trinajstić information content (AvgIpc) is 2.60. The van der Waals surface area contributed by atoms with Crippen molar-refractivity contribution < 1.29 is 9.90 Å². The van der Waals surface area contributed by atoms with Gasteiger partial charge >= 0.3 is 5.97 Å². The van der Waals surface area contributed by atoms with Crippen LogP contribution in [0.4, 0.5) is 0 Å². The van der Waals surface area contributed by atoms with E-state index in [0.29, 0.717) is 10.5 Å². The number of carboxylic acids is 1. The molecule has 2 heterocycles. The average molecular weight is 335 g/mol. The van der Waals surface area contributed by atoms with Crippen molar-refractivity contribution in [2.24, 2.45) is 0 Å². The fraction of sp³-hybridized carbons (Fsp3) is 0. The maximum atomic E-state index is 11.3. The van der Waals surface area contributed by atoms with Gasteiger partial charge in [0.25, 0.3) is 0 Å². The number of aromatic carboxylic acids is 1. The Morgan fingerprint density at radius 3 is 2.67 bits per heavy atom. The number of carbonyl (C=O) groups is 1. The minimum atomic E-state index is -0.978. The highest BCUT2D eigenvalue weighted by Crippen LogP contribution is 2.33. The Labute approximate surface area is 142 Å². The van der Waals surface area contributed by atoms with Crippen molar-refractivity contribution >= 4 is 39.2 Å². The van der Waals surface area contributed by atoms with Crippen LogP contribution in [0.2, 0.25) is 5.02 Å². The Kier molecular flexibility index (Phi) is 3.40. The van der Waals surface area contributed by atoms with Gasteiger partial charge in [-0.05, 0) is 30.3 Å². The molecule has 0 aliphatic rings. The van der Waals surface area contributed by atoms with Gasteiger partial charge in [0.05, 0.1) is 16.8 Å². The molecule has 0 radical (unpaired) electrons. The van der Waals surface area contributed by atoms with E-state index >= 15 is 0 Å². The molecule has 4 rings (SSSR count). The van der Waals surface area contributed by atoms with Gasteiger partial charge in [-0.2, -0.15) is 0 Å². The summed E-state index contributed by atoms with van der Waals surface area (Å²) < 4.78 is 0. The van der Waals surface area contributed by atoms with Crippen LogP contribution in [0.5, 0.6) is 0 Å². The van der Waals surface area contributed by atoms with E-state index in [4.69, 9.17) is 16.6 Å². The molecule has 2 aromatic heterocycles. The van der Waals surface area contributed by atoms with Crippen LogP contribution in [-0.2, 0) is 0 Å². The number of rotatable bonds is 2. The second-order valence-corrected chi connectivity index (χ2v) is 5.87. The van der Waals surface area contributed by atoms with E-state index in [2.05, 4.69) is 4.98 Å². The van der Waals surface area contributed by atoms with Gasteiger partial charge in [-0.25, -0.2) is 9.78 Å². The van der Waals surface area contributed by atoms with E-state index in [1.165, 1.54) is 0 Å². The summed E-state index contributed by atoms with van der Waals surface area (Å²) in [7, 11) is 0. The SMILES string of the molecule is O=C(O)c1ccc2c(c1)nc(-c1cccc(Cl)c1)c1ccncc12. The highest BCUT2D eigenvalue weighted by molar-refractivity contribution is 6.31. The Morgan fingerprint density at radius 2 is 1.88 bits per heavy atom. The van der Waals surface area contributed by atoms with E-state index < -0.39 is 5.97 Å². The standard InChI is InChI=1S/C19H11ClN2O2/c20-13-3-1-2-11(8-13)18-15-6-7-21-10-16(15)14-5-4-12(19(23)24)9-17(14)22-18/h1-10H,(H,23,24). The summed E-state index contributed by atoms with van der Waals surface area (Å²) in [6.45, 7) is 0. The predicted octanol–water partition coefficient (Wildman–Crippen LogP) is 4.80. The van der Waals surface area contributed by atoms with E-state index in [-0.39, 0.29) is 5.56 Å². The molecule has 0 atom stereocenters. The van der Waals surface area contributed by atoms with Crippen LogP contribution in [0, 0.1) is 0 Å². The molecule has 0 aliphatic heterocycles. The first-order valence-corrected chi connectivity index (χ1v) is 7.68. The lowest BCUT2D eigenvalue weighted by Crippen LogP contribution is -1.97. The van der Waals surface area contributed by atoms with Gasteiger partial charge in [0, 0.05) is 39.1 Å². The number of carboxylic acid groups (broad SMARTS) is 1. The third kappa shape index (κ3) is 2.37. The molecule has 0 fully saturated rings. The van der Waals surface area contributed by atoms with E-state index in [0.717, 1.165) is 27.4 Å². The van der Waals surface area contributed by atoms with Crippen molar-refractivity contribution in [2.75, 3.05) is 0 Å². The number of benzene rings is 2. The first-order chi connectivity index (χ1) is 11.6. The van der Waals surface area contributed by atoms with Crippen molar-refractivity contribution in [2.45, 2.75) is 0 Å². The second kappa shape index (κ2) is 5.58. The quantitative estimate of drug-likeness (QED) is 0.535. The fourth-order valence-corrected chi connectivity index (χ4v) is 3.03. The maximum Gasteiger partial charge on any atom is 0.335 e. The molecule has 116 valence electrons. The van der Waals surface area contributed by atoms with E-state index in [1.54, 1.807) is 36.7 Å². The third-order valence-corrected chi connectivity index (χ3v) is 4.18. The Bertz CT molecular complexity index is 1110. The minimum absolute atomic E-state index is 0.204. The summed E-state index contributed by atoms with van der Waals surface area (Å²) in [5, 5.41) is 12.6. The fourth-order valence-electron chi connectivity index (χ4n) is 2.84. The van der Waals surface area contributed by atoms with Crippen LogP contribution in [-0.4, -0.2) is 21.0 Å². The predicted molar refractivity (Wildman–Crippen MR) is 94.4 cm³/mol. The summed E-state index contributed by atoms with van der Waals surface area (Å²) in [6, 6.07) is 14.3. The first-order valence-electron chi connectivity index (χ1n) is 7.30. The maximum absolute atomic E-state index is 11.3. The molecule has 1 N–H and O–H groups in total. The van der Waals surface area contributed by atoms with Crippen molar-refractivity contribution in [3.63, 3.8) is 0 Å². The molecule has 0 spiro atoms. The normalized spacial score (nSPS) is 11.0. The lowest BCUT2D eigenvalue weighted by Gasteiger charge is -2.10. The first kappa shape index (κ1) is 14.6. The molecule has 0 saturated carbocycles. The summed E-state index contributed by atoms with van der Waals surface area (Å²) in [5.74, 6) is -0.978. The topological polar surface area (TPSA) is 63.1 Å². The molecule has 2 aromatic carbocycles. The third-order valence-electron chi connectivity index (χ3n) is 3.94. The molecule has 5 heteroatoms. The lowest BCUT2D eigenvalue weighted by molar-refractivity contribution is 0.0697. The summed E-state index contributed by atoms with van der Waals surface area (Å²) in [6.07, 6.45) is 3.49. The van der Waals surface area contributed by atoms with Gasteiger partial charge in [0.15, 0.2) is 0 Å². The Morgan fingerprint density at radius 1 is 1.00 bits per heavy atom.